The predicted octanol–water partition coefficient (Wildman–Crippen LogP) is 0.893. The molecule has 0 N–H and O–H groups in total. The fraction of sp³-hybridized carbons (Fsp3) is 0.455. The largest absolute Gasteiger partial charge is 0.497 e. The predicted molar refractivity (Wildman–Crippen MR) is 116 cm³/mol. The average Bonchev–Trinajstić information content (AvgIpc) is 3.32. The van der Waals surface area contributed by atoms with E-state index in [1.54, 1.807) is 14.2 Å². The Hall–Kier alpha value is -3.24. The number of amidine groups is 1. The summed E-state index contributed by atoms with van der Waals surface area (Å²) >= 11 is 0. The van der Waals surface area contributed by atoms with Crippen LogP contribution in [0.3, 0.4) is 0 Å². The number of imidazole rings is 1. The van der Waals surface area contributed by atoms with E-state index < -0.39 is 6.04 Å². The van der Waals surface area contributed by atoms with Gasteiger partial charge in [0.2, 0.25) is 11.9 Å². The normalized spacial score (nSPS) is 21.0. The van der Waals surface area contributed by atoms with Crippen LogP contribution in [0.2, 0.25) is 0 Å². The molecule has 2 saturated heterocycles. The van der Waals surface area contributed by atoms with Gasteiger partial charge in [-0.1, -0.05) is 11.1 Å². The molecule has 10 heteroatoms. The molecule has 0 spiro atoms. The lowest BCUT2D eigenvalue weighted by molar-refractivity contribution is -0.676. The molecule has 5 rings (SSSR count). The standard InChI is InChI=1S/C22H27N6O4/c1-15-14-27-18-19(23-21(27)28(15)16-5-4-6-17(13-16)31-3)24(2)22(30)26(20(18)29)8-7-25-9-11-32-12-10-25/h4-6,13-14,18H,7-12H2,1-3H3/q+1. The lowest BCUT2D eigenvalue weighted by Gasteiger charge is -2.35. The fourth-order valence-corrected chi connectivity index (χ4v) is 4.53. The number of aliphatic imine (C=N–C) groups is 1. The second-order valence-corrected chi connectivity index (χ2v) is 8.17. The zero-order valence-corrected chi connectivity index (χ0v) is 18.5. The smallest absolute Gasteiger partial charge is 0.406 e. The van der Waals surface area contributed by atoms with E-state index in [-0.39, 0.29) is 11.9 Å². The number of nitrogens with zero attached hydrogens (tertiary/aromatic N) is 6. The summed E-state index contributed by atoms with van der Waals surface area (Å²) in [5.41, 5.74) is 1.81. The molecular weight excluding hydrogens is 412 g/mol. The van der Waals surface area contributed by atoms with Crippen molar-refractivity contribution >= 4 is 23.7 Å². The molecule has 10 nitrogen and oxygen atoms in total. The van der Waals surface area contributed by atoms with Crippen LogP contribution >= 0.6 is 0 Å². The first-order chi connectivity index (χ1) is 15.5. The van der Waals surface area contributed by atoms with Crippen molar-refractivity contribution in [3.8, 4) is 11.4 Å². The Morgan fingerprint density at radius 2 is 2.00 bits per heavy atom. The molecule has 4 heterocycles. The minimum Gasteiger partial charge on any atom is -0.497 e. The van der Waals surface area contributed by atoms with Crippen molar-refractivity contribution in [1.29, 1.82) is 0 Å². The van der Waals surface area contributed by atoms with Crippen LogP contribution in [-0.4, -0.2) is 90.6 Å². The molecule has 168 valence electrons. The van der Waals surface area contributed by atoms with Crippen molar-refractivity contribution in [3.05, 3.63) is 36.2 Å². The minimum atomic E-state index is -0.650. The van der Waals surface area contributed by atoms with Gasteiger partial charge in [-0.3, -0.25) is 19.5 Å². The van der Waals surface area contributed by atoms with E-state index in [1.165, 1.54) is 9.80 Å². The summed E-state index contributed by atoms with van der Waals surface area (Å²) in [6.45, 7) is 5.92. The van der Waals surface area contributed by atoms with Gasteiger partial charge >= 0.3 is 12.0 Å². The number of benzene rings is 1. The Bertz CT molecular complexity index is 1100. The fourth-order valence-electron chi connectivity index (χ4n) is 4.53. The number of methoxy groups -OCH3 is 1. The maximum absolute atomic E-state index is 13.5. The molecule has 0 aliphatic carbocycles. The number of aromatic nitrogens is 2. The third-order valence-corrected chi connectivity index (χ3v) is 6.26. The van der Waals surface area contributed by atoms with Crippen LogP contribution in [0.25, 0.3) is 5.69 Å². The average molecular weight is 439 g/mol. The number of fused-ring (bicyclic) bond motifs is 3. The SMILES string of the molecule is COc1cccc(-n2c(C)c[n+]3c2N=C2C3C(=O)N(CCN3CCOCC3)C(=O)N2C)c1. The lowest BCUT2D eigenvalue weighted by atomic mass is 10.1. The van der Waals surface area contributed by atoms with Crippen molar-refractivity contribution in [1.82, 2.24) is 19.3 Å². The Morgan fingerprint density at radius 1 is 1.22 bits per heavy atom. The number of hydrogen-bond donors (Lipinski definition) is 0. The van der Waals surface area contributed by atoms with Crippen LogP contribution in [0.1, 0.15) is 11.7 Å². The molecule has 32 heavy (non-hydrogen) atoms. The molecule has 0 saturated carbocycles. The molecule has 1 unspecified atom stereocenters. The number of morpholine rings is 1. The molecule has 1 atom stereocenters. The quantitative estimate of drug-likeness (QED) is 0.647. The number of rotatable bonds is 5. The number of likely N-dealkylation sites (N-methyl/N-ethyl adjacent to an activating group) is 1. The Kier molecular flexibility index (Phi) is 5.18. The number of imide groups is 1. The van der Waals surface area contributed by atoms with Crippen molar-refractivity contribution in [3.63, 3.8) is 0 Å². The van der Waals surface area contributed by atoms with Gasteiger partial charge in [-0.2, -0.15) is 4.57 Å². The van der Waals surface area contributed by atoms with Crippen LogP contribution in [0.4, 0.5) is 10.7 Å². The monoisotopic (exact) mass is 439 g/mol. The highest BCUT2D eigenvalue weighted by molar-refractivity contribution is 6.19. The summed E-state index contributed by atoms with van der Waals surface area (Å²) in [4.78, 5) is 36.2. The summed E-state index contributed by atoms with van der Waals surface area (Å²) < 4.78 is 14.6. The summed E-state index contributed by atoms with van der Waals surface area (Å²) in [6, 6.07) is 6.68. The molecule has 3 aliphatic heterocycles. The molecule has 3 amide bonds. The summed E-state index contributed by atoms with van der Waals surface area (Å²) in [6.07, 6.45) is 1.91. The Labute approximate surface area is 186 Å². The zero-order valence-electron chi connectivity index (χ0n) is 18.5. The van der Waals surface area contributed by atoms with Crippen molar-refractivity contribution in [2.75, 3.05) is 53.6 Å². The van der Waals surface area contributed by atoms with Crippen LogP contribution < -0.4 is 9.30 Å². The second kappa shape index (κ2) is 8.03. The summed E-state index contributed by atoms with van der Waals surface area (Å²) in [5, 5.41) is 0. The maximum atomic E-state index is 13.5. The van der Waals surface area contributed by atoms with Crippen molar-refractivity contribution < 1.29 is 23.6 Å². The summed E-state index contributed by atoms with van der Waals surface area (Å²) in [5.74, 6) is 1.55. The maximum Gasteiger partial charge on any atom is 0.406 e. The van der Waals surface area contributed by atoms with Gasteiger partial charge in [-0.25, -0.2) is 9.36 Å². The molecule has 2 fully saturated rings. The highest BCUT2D eigenvalue weighted by Crippen LogP contribution is 2.31. The number of carbonyl (C=O) groups excluding carboxylic acids is 2. The highest BCUT2D eigenvalue weighted by Gasteiger charge is 2.53. The van der Waals surface area contributed by atoms with E-state index in [0.29, 0.717) is 38.1 Å². The highest BCUT2D eigenvalue weighted by atomic mass is 16.5. The Balaban J connectivity index is 1.47. The van der Waals surface area contributed by atoms with Gasteiger partial charge in [-0.15, -0.1) is 0 Å². The van der Waals surface area contributed by atoms with Crippen LogP contribution in [-0.2, 0) is 9.53 Å². The van der Waals surface area contributed by atoms with Gasteiger partial charge < -0.3 is 9.47 Å². The number of amides is 3. The first-order valence-corrected chi connectivity index (χ1v) is 10.7. The summed E-state index contributed by atoms with van der Waals surface area (Å²) in [7, 11) is 3.30. The van der Waals surface area contributed by atoms with Gasteiger partial charge in [0.25, 0.3) is 5.91 Å². The van der Waals surface area contributed by atoms with Crippen LogP contribution in [0.5, 0.6) is 5.75 Å². The third-order valence-electron chi connectivity index (χ3n) is 6.26. The molecular formula is C22H27N6O4+. The van der Waals surface area contributed by atoms with Gasteiger partial charge in [-0.05, 0) is 19.1 Å². The third kappa shape index (κ3) is 3.26. The first kappa shape index (κ1) is 20.7. The van der Waals surface area contributed by atoms with Crippen molar-refractivity contribution in [2.24, 2.45) is 4.99 Å². The topological polar surface area (TPSA) is 83.5 Å². The zero-order chi connectivity index (χ0) is 22.4. The van der Waals surface area contributed by atoms with Gasteiger partial charge in [0.15, 0.2) is 0 Å². The lowest BCUT2D eigenvalue weighted by Crippen LogP contribution is -2.63. The van der Waals surface area contributed by atoms with Crippen LogP contribution in [0.15, 0.2) is 35.5 Å². The van der Waals surface area contributed by atoms with Crippen LogP contribution in [0, 0.1) is 6.92 Å². The number of ether oxygens (including phenoxy) is 2. The molecule has 3 aliphatic rings. The Morgan fingerprint density at radius 3 is 2.75 bits per heavy atom. The van der Waals surface area contributed by atoms with Crippen molar-refractivity contribution in [2.45, 2.75) is 13.0 Å². The molecule has 1 aromatic heterocycles. The van der Waals surface area contributed by atoms with E-state index in [4.69, 9.17) is 14.5 Å². The van der Waals surface area contributed by atoms with Gasteiger partial charge in [0.1, 0.15) is 23.3 Å². The van der Waals surface area contributed by atoms with E-state index in [1.807, 2.05) is 46.5 Å². The van der Waals surface area contributed by atoms with E-state index in [0.717, 1.165) is 30.2 Å². The van der Waals surface area contributed by atoms with E-state index >= 15 is 0 Å². The molecule has 0 bridgehead atoms. The molecule has 2 aromatic rings. The number of carbonyl (C=O) groups is 2. The molecule has 1 aromatic carbocycles. The first-order valence-electron chi connectivity index (χ1n) is 10.7. The number of hydrogen-bond acceptors (Lipinski definition) is 6. The number of aryl methyl sites for hydroxylation is 1. The minimum absolute atomic E-state index is 0.244. The van der Waals surface area contributed by atoms with Gasteiger partial charge in [0.05, 0.1) is 20.3 Å². The van der Waals surface area contributed by atoms with E-state index in [9.17, 15) is 9.59 Å². The van der Waals surface area contributed by atoms with Gasteiger partial charge in [0, 0.05) is 39.3 Å². The van der Waals surface area contributed by atoms with E-state index in [2.05, 4.69) is 4.90 Å². The molecule has 0 radical (unpaired) electrons. The number of urea groups is 1. The second-order valence-electron chi connectivity index (χ2n) is 8.17.